The number of hydrogen-bond acceptors (Lipinski definition) is 5. The Bertz CT molecular complexity index is 975. The molecule has 1 aromatic rings. The first-order valence-electron chi connectivity index (χ1n) is 10.7. The summed E-state index contributed by atoms with van der Waals surface area (Å²) in [4.78, 5) is 15.7. The van der Waals surface area contributed by atoms with Crippen LogP contribution in [0.4, 0.5) is 5.69 Å². The average molecular weight is 448 g/mol. The molecule has 1 atom stereocenters. The smallest absolute Gasteiger partial charge is 0.316 e. The second-order valence-electron chi connectivity index (χ2n) is 9.45. The molecular weight excluding hydrogens is 418 g/mol. The monoisotopic (exact) mass is 447 g/mol. The van der Waals surface area contributed by atoms with E-state index in [0.29, 0.717) is 28.6 Å². The molecule has 0 radical (unpaired) electrons. The molecule has 0 heterocycles. The van der Waals surface area contributed by atoms with Crippen LogP contribution in [0.3, 0.4) is 0 Å². The van der Waals surface area contributed by atoms with Gasteiger partial charge in [-0.05, 0) is 99.5 Å². The number of hydrogen-bond donors (Lipinski definition) is 1. The van der Waals surface area contributed by atoms with Gasteiger partial charge in [0, 0.05) is 7.05 Å². The third-order valence-corrected chi connectivity index (χ3v) is 8.13. The number of nitrogens with one attached hydrogen (secondary N) is 1. The van der Waals surface area contributed by atoms with E-state index in [-0.39, 0.29) is 11.4 Å². The Kier molecular flexibility index (Phi) is 5.74. The molecule has 6 nitrogen and oxygen atoms in total. The van der Waals surface area contributed by atoms with E-state index in [2.05, 4.69) is 9.68 Å². The Morgan fingerprint density at radius 3 is 2.27 bits per heavy atom. The molecule has 1 N–H and O–H groups in total. The Labute approximate surface area is 185 Å². The third kappa shape index (κ3) is 3.80. The summed E-state index contributed by atoms with van der Waals surface area (Å²) in [6.45, 7) is 3.68. The summed E-state index contributed by atoms with van der Waals surface area (Å²) in [5, 5.41) is 3.55. The highest BCUT2D eigenvalue weighted by Crippen LogP contribution is 2.58. The van der Waals surface area contributed by atoms with Gasteiger partial charge in [0.25, 0.3) is 0 Å². The van der Waals surface area contributed by atoms with Crippen LogP contribution in [0, 0.1) is 24.7 Å². The van der Waals surface area contributed by atoms with Crippen molar-refractivity contribution < 1.29 is 13.2 Å². The van der Waals surface area contributed by atoms with Gasteiger partial charge in [-0.3, -0.25) is 9.69 Å². The van der Waals surface area contributed by atoms with E-state index >= 15 is 0 Å². The van der Waals surface area contributed by atoms with Gasteiger partial charge in [0.05, 0.1) is 17.1 Å². The first kappa shape index (κ1) is 21.4. The summed E-state index contributed by atoms with van der Waals surface area (Å²) in [6.07, 6.45) is 6.96. The molecule has 8 heteroatoms. The highest BCUT2D eigenvalue weighted by molar-refractivity contribution is 7.80. The van der Waals surface area contributed by atoms with E-state index in [4.69, 9.17) is 12.2 Å². The van der Waals surface area contributed by atoms with Crippen molar-refractivity contribution in [3.63, 3.8) is 0 Å². The quantitative estimate of drug-likeness (QED) is 0.703. The van der Waals surface area contributed by atoms with Gasteiger partial charge in [-0.2, -0.15) is 8.42 Å². The van der Waals surface area contributed by atoms with Crippen molar-refractivity contribution in [1.29, 1.82) is 0 Å². The number of carbonyl (C=O) groups is 1. The molecular formula is C22H29N3O3S2. The molecule has 1 aromatic carbocycles. The lowest BCUT2D eigenvalue weighted by Gasteiger charge is -2.60. The van der Waals surface area contributed by atoms with Crippen LogP contribution in [0.5, 0.6) is 0 Å². The first-order valence-corrected chi connectivity index (χ1v) is 12.1. The van der Waals surface area contributed by atoms with Crippen LogP contribution in [-0.2, 0) is 15.3 Å². The fourth-order valence-electron chi connectivity index (χ4n) is 6.41. The number of nitrogens with zero attached hydrogens (tertiary/aromatic N) is 2. The van der Waals surface area contributed by atoms with Crippen LogP contribution < -0.4 is 5.32 Å². The van der Waals surface area contributed by atoms with E-state index in [0.717, 1.165) is 30.4 Å². The van der Waals surface area contributed by atoms with Crippen LogP contribution in [0.15, 0.2) is 22.6 Å². The molecule has 0 spiro atoms. The number of carbonyl (C=O) groups excluding carboxylic acids is 1. The van der Waals surface area contributed by atoms with E-state index in [9.17, 15) is 13.2 Å². The van der Waals surface area contributed by atoms with Gasteiger partial charge in [0.15, 0.2) is 5.11 Å². The van der Waals surface area contributed by atoms with Crippen LogP contribution >= 0.6 is 12.2 Å². The fourth-order valence-corrected chi connectivity index (χ4v) is 7.05. The molecule has 4 aliphatic rings. The number of rotatable bonds is 4. The highest BCUT2D eigenvalue weighted by Gasteiger charge is 2.56. The molecule has 162 valence electrons. The minimum absolute atomic E-state index is 0.0191. The third-order valence-electron chi connectivity index (χ3n) is 7.39. The van der Waals surface area contributed by atoms with E-state index in [1.807, 2.05) is 24.0 Å². The lowest BCUT2D eigenvalue weighted by atomic mass is 9.52. The van der Waals surface area contributed by atoms with Crippen LogP contribution in [0.25, 0.3) is 0 Å². The Morgan fingerprint density at radius 1 is 1.20 bits per heavy atom. The minimum Gasteiger partial charge on any atom is -0.365 e. The van der Waals surface area contributed by atoms with Gasteiger partial charge in [0.2, 0.25) is 5.91 Å². The fraction of sp³-hybridized carbons (Fsp3) is 0.636. The summed E-state index contributed by atoms with van der Waals surface area (Å²) in [5.41, 5.74) is 1.70. The number of aryl methyl sites for hydroxylation is 1. The maximum atomic E-state index is 13.8. The topological polar surface area (TPSA) is 78.8 Å². The highest BCUT2D eigenvalue weighted by atomic mass is 32.2. The maximum absolute atomic E-state index is 13.8. The van der Waals surface area contributed by atoms with Crippen molar-refractivity contribution in [3.8, 4) is 0 Å². The first-order chi connectivity index (χ1) is 14.2. The van der Waals surface area contributed by atoms with Gasteiger partial charge in [-0.25, -0.2) is 0 Å². The zero-order valence-corrected chi connectivity index (χ0v) is 19.4. The van der Waals surface area contributed by atoms with Gasteiger partial charge in [-0.1, -0.05) is 12.1 Å². The molecule has 0 aromatic heterocycles. The molecule has 5 rings (SSSR count). The molecule has 4 fully saturated rings. The zero-order chi connectivity index (χ0) is 21.6. The summed E-state index contributed by atoms with van der Waals surface area (Å²) >= 11 is 5.65. The SMILES string of the molecule is CNC(=S)N(C(=O)C(C)c1ccc(C)c(N=S(=O)=O)c1)C12CC3CC(CC(C3)C1)C2. The predicted molar refractivity (Wildman–Crippen MR) is 120 cm³/mol. The van der Waals surface area contributed by atoms with Gasteiger partial charge < -0.3 is 5.32 Å². The predicted octanol–water partition coefficient (Wildman–Crippen LogP) is 4.09. The van der Waals surface area contributed by atoms with Crippen LogP contribution in [-0.4, -0.2) is 36.9 Å². The number of benzene rings is 1. The molecule has 4 bridgehead atoms. The summed E-state index contributed by atoms with van der Waals surface area (Å²) in [5.74, 6) is 1.61. The maximum Gasteiger partial charge on any atom is 0.316 e. The van der Waals surface area contributed by atoms with Crippen molar-refractivity contribution in [2.75, 3.05) is 7.05 Å². The van der Waals surface area contributed by atoms with E-state index in [1.165, 1.54) is 19.3 Å². The second kappa shape index (κ2) is 8.04. The lowest BCUT2D eigenvalue weighted by Crippen LogP contribution is -2.65. The van der Waals surface area contributed by atoms with Crippen molar-refractivity contribution in [2.24, 2.45) is 22.1 Å². The number of thiocarbonyl (C=S) groups is 1. The normalized spacial score (nSPS) is 29.9. The van der Waals surface area contributed by atoms with Gasteiger partial charge in [0.1, 0.15) is 0 Å². The minimum atomic E-state index is -2.54. The van der Waals surface area contributed by atoms with E-state index in [1.54, 1.807) is 20.0 Å². The molecule has 4 saturated carbocycles. The largest absolute Gasteiger partial charge is 0.365 e. The van der Waals surface area contributed by atoms with E-state index < -0.39 is 16.4 Å². The summed E-state index contributed by atoms with van der Waals surface area (Å²) in [7, 11) is -0.757. The zero-order valence-electron chi connectivity index (χ0n) is 17.7. The summed E-state index contributed by atoms with van der Waals surface area (Å²) in [6, 6.07) is 5.40. The molecule has 4 aliphatic carbocycles. The Hall–Kier alpha value is -1.80. The molecule has 0 aliphatic heterocycles. The standard InChI is InChI=1S/C22H29N3O3S2/c1-13-4-5-18(9-19(13)24-30(27)28)14(2)20(26)25(21(29)23-3)22-10-15-6-16(11-22)8-17(7-15)12-22/h4-5,9,14-17H,6-8,10-12H2,1-3H3,(H,23,29). The van der Waals surface area contributed by atoms with Gasteiger partial charge in [-0.15, -0.1) is 4.36 Å². The van der Waals surface area contributed by atoms with Crippen LogP contribution in [0.1, 0.15) is 62.5 Å². The van der Waals surface area contributed by atoms with Crippen molar-refractivity contribution in [1.82, 2.24) is 10.2 Å². The molecule has 0 saturated heterocycles. The van der Waals surface area contributed by atoms with Crippen molar-refractivity contribution in [3.05, 3.63) is 29.3 Å². The molecule has 30 heavy (non-hydrogen) atoms. The van der Waals surface area contributed by atoms with Crippen molar-refractivity contribution >= 4 is 39.4 Å². The number of amides is 1. The van der Waals surface area contributed by atoms with Crippen LogP contribution in [0.2, 0.25) is 0 Å². The molecule has 1 unspecified atom stereocenters. The van der Waals surface area contributed by atoms with Gasteiger partial charge >= 0.3 is 10.5 Å². The summed E-state index contributed by atoms with van der Waals surface area (Å²) < 4.78 is 25.8. The average Bonchev–Trinajstić information content (AvgIpc) is 2.67. The lowest BCUT2D eigenvalue weighted by molar-refractivity contribution is -0.142. The molecule has 1 amide bonds. The van der Waals surface area contributed by atoms with Crippen molar-refractivity contribution in [2.45, 2.75) is 63.8 Å². The second-order valence-corrected chi connectivity index (χ2v) is 10.5. The Balaban J connectivity index is 1.68. The Morgan fingerprint density at radius 2 is 1.77 bits per heavy atom.